The third-order valence-electron chi connectivity index (χ3n) is 7.11. The van der Waals surface area contributed by atoms with Crippen molar-refractivity contribution in [1.29, 1.82) is 0 Å². The topological polar surface area (TPSA) is 39.7 Å². The summed E-state index contributed by atoms with van der Waals surface area (Å²) in [6.45, 7) is 9.24. The maximum atomic E-state index is 13.7. The van der Waals surface area contributed by atoms with Crippen molar-refractivity contribution in [2.75, 3.05) is 33.2 Å². The van der Waals surface area contributed by atoms with Crippen LogP contribution in [-0.2, 0) is 11.3 Å². The van der Waals surface area contributed by atoms with E-state index in [1.807, 2.05) is 5.51 Å². The van der Waals surface area contributed by atoms with Crippen LogP contribution in [0.25, 0.3) is 0 Å². The van der Waals surface area contributed by atoms with Crippen LogP contribution in [0.4, 0.5) is 0 Å². The molecule has 4 rings (SSSR count). The third-order valence-corrected chi connectivity index (χ3v) is 8.03. The molecule has 0 N–H and O–H groups in total. The van der Waals surface area contributed by atoms with Gasteiger partial charge in [-0.25, -0.2) is 4.98 Å². The quantitative estimate of drug-likeness (QED) is 0.810. The molecular weight excluding hydrogens is 344 g/mol. The molecule has 2 bridgehead atoms. The van der Waals surface area contributed by atoms with Crippen molar-refractivity contribution in [3.05, 3.63) is 16.1 Å². The zero-order valence-corrected chi connectivity index (χ0v) is 17.2. The Labute approximate surface area is 161 Å². The molecule has 3 aliphatic rings. The largest absolute Gasteiger partial charge is 0.341 e. The average Bonchev–Trinajstić information content (AvgIpc) is 3.26. The molecule has 0 saturated carbocycles. The highest BCUT2D eigenvalue weighted by Gasteiger charge is 2.59. The van der Waals surface area contributed by atoms with Crippen LogP contribution in [0.3, 0.4) is 0 Å². The zero-order chi connectivity index (χ0) is 18.3. The minimum atomic E-state index is -0.162. The highest BCUT2D eigenvalue weighted by atomic mass is 32.1. The highest BCUT2D eigenvalue weighted by molar-refractivity contribution is 7.09. The first kappa shape index (κ1) is 18.4. The second-order valence-electron chi connectivity index (χ2n) is 8.44. The van der Waals surface area contributed by atoms with Crippen LogP contribution in [0.1, 0.15) is 49.6 Å². The fraction of sp³-hybridized carbons (Fsp3) is 0.800. The average molecular weight is 377 g/mol. The number of hydrogen-bond donors (Lipinski definition) is 0. The van der Waals surface area contributed by atoms with Gasteiger partial charge in [0.1, 0.15) is 0 Å². The molecule has 26 heavy (non-hydrogen) atoms. The van der Waals surface area contributed by atoms with E-state index in [1.54, 1.807) is 11.3 Å². The van der Waals surface area contributed by atoms with E-state index in [2.05, 4.69) is 40.6 Å². The Morgan fingerprint density at radius 2 is 2.15 bits per heavy atom. The van der Waals surface area contributed by atoms with Crippen molar-refractivity contribution >= 4 is 17.2 Å². The molecule has 1 amide bonds. The van der Waals surface area contributed by atoms with E-state index < -0.39 is 0 Å². The summed E-state index contributed by atoms with van der Waals surface area (Å²) in [5.41, 5.74) is 2.95. The molecule has 5 nitrogen and oxygen atoms in total. The number of nitrogens with zero attached hydrogens (tertiary/aromatic N) is 4. The lowest BCUT2D eigenvalue weighted by Crippen LogP contribution is -2.51. The molecule has 3 saturated heterocycles. The number of amides is 1. The Morgan fingerprint density at radius 1 is 1.31 bits per heavy atom. The molecule has 1 aromatic rings. The van der Waals surface area contributed by atoms with Gasteiger partial charge >= 0.3 is 0 Å². The monoisotopic (exact) mass is 376 g/mol. The van der Waals surface area contributed by atoms with E-state index in [0.29, 0.717) is 18.0 Å². The first-order valence-electron chi connectivity index (χ1n) is 10.2. The number of thiazole rings is 1. The standard InChI is InChI=1S/C20H32N4OS/c1-4-20(19(25)23-9-5-8-22(3)10-11-23)12-16-6-7-18(20)24(16)13-17-15(2)21-14-26-17/h14,16,18H,4-13H2,1-3H3/t16-,18+,20+/m0/s1. The summed E-state index contributed by atoms with van der Waals surface area (Å²) in [4.78, 5) is 26.7. The molecule has 0 spiro atoms. The van der Waals surface area contributed by atoms with Gasteiger partial charge in [0.2, 0.25) is 5.91 Å². The van der Waals surface area contributed by atoms with Gasteiger partial charge in [-0.15, -0.1) is 11.3 Å². The summed E-state index contributed by atoms with van der Waals surface area (Å²) in [6, 6.07) is 0.979. The lowest BCUT2D eigenvalue weighted by atomic mass is 9.70. The Bertz CT molecular complexity index is 662. The fourth-order valence-electron chi connectivity index (χ4n) is 5.51. The number of carbonyl (C=O) groups is 1. The van der Waals surface area contributed by atoms with Crippen LogP contribution in [0, 0.1) is 12.3 Å². The van der Waals surface area contributed by atoms with Crippen molar-refractivity contribution in [1.82, 2.24) is 19.7 Å². The summed E-state index contributed by atoms with van der Waals surface area (Å²) < 4.78 is 0. The van der Waals surface area contributed by atoms with Crippen molar-refractivity contribution in [2.24, 2.45) is 5.41 Å². The van der Waals surface area contributed by atoms with Crippen molar-refractivity contribution in [3.8, 4) is 0 Å². The van der Waals surface area contributed by atoms with Gasteiger partial charge in [-0.3, -0.25) is 9.69 Å². The molecule has 3 fully saturated rings. The Balaban J connectivity index is 1.54. The van der Waals surface area contributed by atoms with Gasteiger partial charge in [0.05, 0.1) is 16.6 Å². The second-order valence-corrected chi connectivity index (χ2v) is 9.38. The van der Waals surface area contributed by atoms with Crippen LogP contribution in [0.15, 0.2) is 5.51 Å². The van der Waals surface area contributed by atoms with Gasteiger partial charge < -0.3 is 9.80 Å². The van der Waals surface area contributed by atoms with E-state index in [1.165, 1.54) is 17.7 Å². The maximum Gasteiger partial charge on any atom is 0.230 e. The number of aryl methyl sites for hydroxylation is 1. The summed E-state index contributed by atoms with van der Waals surface area (Å²) in [6.07, 6.45) is 5.55. The van der Waals surface area contributed by atoms with Crippen molar-refractivity contribution < 1.29 is 4.79 Å². The molecule has 0 radical (unpaired) electrons. The number of hydrogen-bond acceptors (Lipinski definition) is 5. The van der Waals surface area contributed by atoms with Gasteiger partial charge in [0.15, 0.2) is 0 Å². The summed E-state index contributed by atoms with van der Waals surface area (Å²) in [7, 11) is 2.17. The van der Waals surface area contributed by atoms with Crippen LogP contribution < -0.4 is 0 Å². The van der Waals surface area contributed by atoms with E-state index in [-0.39, 0.29) is 5.41 Å². The lowest BCUT2D eigenvalue weighted by molar-refractivity contribution is -0.144. The zero-order valence-electron chi connectivity index (χ0n) is 16.4. The Hall–Kier alpha value is -0.980. The smallest absolute Gasteiger partial charge is 0.230 e. The second kappa shape index (κ2) is 7.21. The number of rotatable bonds is 4. The molecule has 0 unspecified atom stereocenters. The van der Waals surface area contributed by atoms with E-state index in [0.717, 1.165) is 57.7 Å². The maximum absolute atomic E-state index is 13.7. The predicted octanol–water partition coefficient (Wildman–Crippen LogP) is 2.75. The molecule has 6 heteroatoms. The Kier molecular flexibility index (Phi) is 5.10. The van der Waals surface area contributed by atoms with Crippen molar-refractivity contribution in [2.45, 2.75) is 64.6 Å². The van der Waals surface area contributed by atoms with Gasteiger partial charge in [0.25, 0.3) is 0 Å². The fourth-order valence-corrected chi connectivity index (χ4v) is 6.30. The molecule has 0 aliphatic carbocycles. The van der Waals surface area contributed by atoms with E-state index in [4.69, 9.17) is 0 Å². The summed E-state index contributed by atoms with van der Waals surface area (Å²) in [5, 5.41) is 0. The van der Waals surface area contributed by atoms with Gasteiger partial charge in [0, 0.05) is 43.1 Å². The lowest BCUT2D eigenvalue weighted by Gasteiger charge is -2.39. The highest BCUT2D eigenvalue weighted by Crippen LogP contribution is 2.53. The van der Waals surface area contributed by atoms with Gasteiger partial charge in [-0.05, 0) is 52.6 Å². The van der Waals surface area contributed by atoms with E-state index >= 15 is 0 Å². The number of carbonyl (C=O) groups excluding carboxylic acids is 1. The normalized spacial score (nSPS) is 33.0. The number of aromatic nitrogens is 1. The van der Waals surface area contributed by atoms with Crippen molar-refractivity contribution in [3.63, 3.8) is 0 Å². The Morgan fingerprint density at radius 3 is 2.88 bits per heavy atom. The van der Waals surface area contributed by atoms with Crippen LogP contribution >= 0.6 is 11.3 Å². The number of fused-ring (bicyclic) bond motifs is 2. The van der Waals surface area contributed by atoms with Crippen LogP contribution in [0.5, 0.6) is 0 Å². The third kappa shape index (κ3) is 3.00. The molecule has 0 aromatic carbocycles. The van der Waals surface area contributed by atoms with Gasteiger partial charge in [-0.1, -0.05) is 6.92 Å². The van der Waals surface area contributed by atoms with Crippen LogP contribution in [0.2, 0.25) is 0 Å². The summed E-state index contributed by atoms with van der Waals surface area (Å²) >= 11 is 1.76. The predicted molar refractivity (Wildman–Crippen MR) is 105 cm³/mol. The molecule has 3 atom stereocenters. The van der Waals surface area contributed by atoms with Crippen LogP contribution in [-0.4, -0.2) is 70.9 Å². The van der Waals surface area contributed by atoms with Gasteiger partial charge in [-0.2, -0.15) is 0 Å². The molecule has 144 valence electrons. The molecular formula is C20H32N4OS. The minimum Gasteiger partial charge on any atom is -0.341 e. The first-order valence-corrected chi connectivity index (χ1v) is 11.1. The summed E-state index contributed by atoms with van der Waals surface area (Å²) in [5.74, 6) is 0.438. The van der Waals surface area contributed by atoms with E-state index in [9.17, 15) is 4.79 Å². The minimum absolute atomic E-state index is 0.162. The first-order chi connectivity index (χ1) is 12.5. The molecule has 4 heterocycles. The molecule has 1 aromatic heterocycles. The SMILES string of the molecule is CC[C@@]1(C(=O)N2CCCN(C)CC2)C[C@@H]2CC[C@H]1N2Cc1scnc1C. The number of likely N-dealkylation sites (N-methyl/N-ethyl adjacent to an activating group) is 1. The molecule has 3 aliphatic heterocycles.